The Bertz CT molecular complexity index is 433. The predicted octanol–water partition coefficient (Wildman–Crippen LogP) is 2.33. The Morgan fingerprint density at radius 2 is 2.00 bits per heavy atom. The number of rotatable bonds is 5. The first-order valence-electron chi connectivity index (χ1n) is 7.16. The first kappa shape index (κ1) is 15.4. The van der Waals surface area contributed by atoms with Gasteiger partial charge in [-0.3, -0.25) is 4.90 Å². The zero-order valence-electron chi connectivity index (χ0n) is 12.3. The van der Waals surface area contributed by atoms with Crippen molar-refractivity contribution < 1.29 is 4.74 Å². The Labute approximate surface area is 126 Å². The van der Waals surface area contributed by atoms with Crippen LogP contribution in [-0.2, 0) is 0 Å². The molecule has 1 atom stereocenters. The van der Waals surface area contributed by atoms with Crippen molar-refractivity contribution in [2.24, 2.45) is 0 Å². The summed E-state index contributed by atoms with van der Waals surface area (Å²) < 4.78 is 5.75. The highest BCUT2D eigenvalue weighted by atomic mass is 35.5. The van der Waals surface area contributed by atoms with Crippen molar-refractivity contribution in [2.75, 3.05) is 45.6 Å². The number of hydrogen-bond acceptors (Lipinski definition) is 4. The summed E-state index contributed by atoms with van der Waals surface area (Å²) >= 11 is 5.87. The van der Waals surface area contributed by atoms with Crippen LogP contribution in [-0.4, -0.2) is 55.7 Å². The zero-order valence-corrected chi connectivity index (χ0v) is 13.1. The number of benzene rings is 1. The summed E-state index contributed by atoms with van der Waals surface area (Å²) in [7, 11) is 2.18. The molecule has 112 valence electrons. The third kappa shape index (κ3) is 4.27. The number of anilines is 1. The van der Waals surface area contributed by atoms with E-state index in [1.165, 1.54) is 0 Å². The fourth-order valence-electron chi connectivity index (χ4n) is 2.44. The SMILES string of the molecule is CC(CCOc1ccc(Cl)cc1N)N1CCN(C)CC1. The molecule has 1 heterocycles. The van der Waals surface area contributed by atoms with Crippen LogP contribution in [0.25, 0.3) is 0 Å². The summed E-state index contributed by atoms with van der Waals surface area (Å²) in [5.41, 5.74) is 6.47. The van der Waals surface area contributed by atoms with Gasteiger partial charge in [0.05, 0.1) is 12.3 Å². The van der Waals surface area contributed by atoms with E-state index in [9.17, 15) is 0 Å². The van der Waals surface area contributed by atoms with Gasteiger partial charge in [0.15, 0.2) is 0 Å². The van der Waals surface area contributed by atoms with Crippen LogP contribution in [0.5, 0.6) is 5.75 Å². The van der Waals surface area contributed by atoms with Crippen LogP contribution in [0.15, 0.2) is 18.2 Å². The lowest BCUT2D eigenvalue weighted by atomic mass is 10.2. The van der Waals surface area contributed by atoms with Crippen LogP contribution in [0.4, 0.5) is 5.69 Å². The minimum atomic E-state index is 0.539. The van der Waals surface area contributed by atoms with Crippen molar-refractivity contribution in [3.05, 3.63) is 23.2 Å². The lowest BCUT2D eigenvalue weighted by Gasteiger charge is -2.36. The van der Waals surface area contributed by atoms with Gasteiger partial charge >= 0.3 is 0 Å². The summed E-state index contributed by atoms with van der Waals surface area (Å²) in [6, 6.07) is 5.90. The molecule has 0 spiro atoms. The second-order valence-corrected chi connectivity index (χ2v) is 5.94. The van der Waals surface area contributed by atoms with Gasteiger partial charge in [-0.15, -0.1) is 0 Å². The fraction of sp³-hybridized carbons (Fsp3) is 0.600. The standard InChI is InChI=1S/C15H24ClN3O/c1-12(19-8-6-18(2)7-9-19)5-10-20-15-4-3-13(16)11-14(15)17/h3-4,11-12H,5-10,17H2,1-2H3. The van der Waals surface area contributed by atoms with Gasteiger partial charge in [-0.2, -0.15) is 0 Å². The van der Waals surface area contributed by atoms with Gasteiger partial charge in [0.1, 0.15) is 5.75 Å². The van der Waals surface area contributed by atoms with Crippen LogP contribution in [0, 0.1) is 0 Å². The fourth-order valence-corrected chi connectivity index (χ4v) is 2.62. The molecule has 1 aliphatic rings. The molecule has 0 radical (unpaired) electrons. The van der Waals surface area contributed by atoms with Crippen LogP contribution in [0.2, 0.25) is 5.02 Å². The molecule has 1 fully saturated rings. The molecule has 20 heavy (non-hydrogen) atoms. The maximum Gasteiger partial charge on any atom is 0.142 e. The Morgan fingerprint density at radius 1 is 1.30 bits per heavy atom. The molecule has 1 aromatic rings. The normalized spacial score (nSPS) is 18.9. The molecule has 0 aliphatic carbocycles. The highest BCUT2D eigenvalue weighted by molar-refractivity contribution is 6.30. The van der Waals surface area contributed by atoms with E-state index in [2.05, 4.69) is 23.8 Å². The maximum atomic E-state index is 5.87. The number of likely N-dealkylation sites (N-methyl/N-ethyl adjacent to an activating group) is 1. The van der Waals surface area contributed by atoms with Crippen LogP contribution < -0.4 is 10.5 Å². The van der Waals surface area contributed by atoms with E-state index < -0.39 is 0 Å². The monoisotopic (exact) mass is 297 g/mol. The highest BCUT2D eigenvalue weighted by Crippen LogP contribution is 2.25. The minimum Gasteiger partial charge on any atom is -0.491 e. The summed E-state index contributed by atoms with van der Waals surface area (Å²) in [5, 5.41) is 0.639. The molecular weight excluding hydrogens is 274 g/mol. The van der Waals surface area contributed by atoms with Crippen molar-refractivity contribution in [3.63, 3.8) is 0 Å². The van der Waals surface area contributed by atoms with Gasteiger partial charge in [0.2, 0.25) is 0 Å². The molecule has 0 amide bonds. The lowest BCUT2D eigenvalue weighted by molar-refractivity contribution is 0.106. The van der Waals surface area contributed by atoms with Crippen molar-refractivity contribution in [3.8, 4) is 5.75 Å². The largest absolute Gasteiger partial charge is 0.491 e. The topological polar surface area (TPSA) is 41.7 Å². The molecule has 1 aromatic carbocycles. The van der Waals surface area contributed by atoms with E-state index in [4.69, 9.17) is 22.1 Å². The third-order valence-electron chi connectivity index (χ3n) is 3.93. The molecule has 2 N–H and O–H groups in total. The van der Waals surface area contributed by atoms with Crippen LogP contribution >= 0.6 is 11.6 Å². The zero-order chi connectivity index (χ0) is 14.5. The van der Waals surface area contributed by atoms with Crippen molar-refractivity contribution in [1.29, 1.82) is 0 Å². The van der Waals surface area contributed by atoms with E-state index in [0.717, 1.165) is 38.3 Å². The predicted molar refractivity (Wildman–Crippen MR) is 84.5 cm³/mol. The van der Waals surface area contributed by atoms with Gasteiger partial charge in [0.25, 0.3) is 0 Å². The molecule has 0 saturated carbocycles. The second kappa shape index (κ2) is 7.16. The van der Waals surface area contributed by atoms with Gasteiger partial charge in [-0.1, -0.05) is 11.6 Å². The Morgan fingerprint density at radius 3 is 2.65 bits per heavy atom. The highest BCUT2D eigenvalue weighted by Gasteiger charge is 2.18. The number of nitrogens with zero attached hydrogens (tertiary/aromatic N) is 2. The smallest absolute Gasteiger partial charge is 0.142 e. The summed E-state index contributed by atoms with van der Waals surface area (Å²) in [5.74, 6) is 0.722. The van der Waals surface area contributed by atoms with Gasteiger partial charge in [0, 0.05) is 37.2 Å². The number of hydrogen-bond donors (Lipinski definition) is 1. The third-order valence-corrected chi connectivity index (χ3v) is 4.16. The average molecular weight is 298 g/mol. The van der Waals surface area contributed by atoms with Crippen molar-refractivity contribution in [1.82, 2.24) is 9.80 Å². The number of ether oxygens (including phenoxy) is 1. The molecule has 0 bridgehead atoms. The van der Waals surface area contributed by atoms with Crippen LogP contribution in [0.1, 0.15) is 13.3 Å². The molecular formula is C15H24ClN3O. The van der Waals surface area contributed by atoms with Gasteiger partial charge in [-0.05, 0) is 38.6 Å². The molecule has 0 aromatic heterocycles. The quantitative estimate of drug-likeness (QED) is 0.847. The van der Waals surface area contributed by atoms with Gasteiger partial charge < -0.3 is 15.4 Å². The number of piperazine rings is 1. The first-order chi connectivity index (χ1) is 9.56. The second-order valence-electron chi connectivity index (χ2n) is 5.51. The van der Waals surface area contributed by atoms with Crippen LogP contribution in [0.3, 0.4) is 0 Å². The average Bonchev–Trinajstić information content (AvgIpc) is 2.42. The molecule has 2 rings (SSSR count). The molecule has 1 unspecified atom stereocenters. The van der Waals surface area contributed by atoms with Gasteiger partial charge in [-0.25, -0.2) is 0 Å². The van der Waals surface area contributed by atoms with E-state index in [0.29, 0.717) is 23.4 Å². The number of nitrogen functional groups attached to an aromatic ring is 1. The van der Waals surface area contributed by atoms with E-state index in [1.54, 1.807) is 12.1 Å². The number of nitrogens with two attached hydrogens (primary N) is 1. The Hall–Kier alpha value is -0.970. The van der Waals surface area contributed by atoms with E-state index >= 15 is 0 Å². The molecule has 1 aliphatic heterocycles. The molecule has 4 nitrogen and oxygen atoms in total. The number of halogens is 1. The summed E-state index contributed by atoms with van der Waals surface area (Å²) in [6.45, 7) is 7.52. The van der Waals surface area contributed by atoms with Crippen molar-refractivity contribution in [2.45, 2.75) is 19.4 Å². The van der Waals surface area contributed by atoms with E-state index in [1.807, 2.05) is 6.07 Å². The Kier molecular flexibility index (Phi) is 5.52. The first-order valence-corrected chi connectivity index (χ1v) is 7.54. The lowest BCUT2D eigenvalue weighted by Crippen LogP contribution is -2.48. The van der Waals surface area contributed by atoms with Crippen molar-refractivity contribution >= 4 is 17.3 Å². The maximum absolute atomic E-state index is 5.87. The summed E-state index contributed by atoms with van der Waals surface area (Å²) in [6.07, 6.45) is 1.01. The van der Waals surface area contributed by atoms with E-state index in [-0.39, 0.29) is 0 Å². The minimum absolute atomic E-state index is 0.539. The summed E-state index contributed by atoms with van der Waals surface area (Å²) in [4.78, 5) is 4.89. The Balaban J connectivity index is 1.75. The molecule has 5 heteroatoms. The molecule has 1 saturated heterocycles.